The maximum atomic E-state index is 12.8. The van der Waals surface area contributed by atoms with Gasteiger partial charge in [0.1, 0.15) is 0 Å². The molecule has 142 valence electrons. The fourth-order valence-electron chi connectivity index (χ4n) is 4.62. The summed E-state index contributed by atoms with van der Waals surface area (Å²) < 4.78 is 0. The minimum atomic E-state index is -0.758. The largest absolute Gasteiger partial charge is 0.389 e. The molecule has 3 saturated heterocycles. The Kier molecular flexibility index (Phi) is 4.42. The molecule has 3 fully saturated rings. The summed E-state index contributed by atoms with van der Waals surface area (Å²) in [6, 6.07) is 1.90. The van der Waals surface area contributed by atoms with Gasteiger partial charge < -0.3 is 24.8 Å². The fourth-order valence-corrected chi connectivity index (χ4v) is 4.62. The van der Waals surface area contributed by atoms with Crippen LogP contribution in [0.3, 0.4) is 0 Å². The Labute approximate surface area is 153 Å². The first-order chi connectivity index (χ1) is 12.5. The quantitative estimate of drug-likeness (QED) is 0.795. The van der Waals surface area contributed by atoms with Crippen LogP contribution in [0.25, 0.3) is 0 Å². The predicted octanol–water partition coefficient (Wildman–Crippen LogP) is 1.44. The van der Waals surface area contributed by atoms with E-state index in [2.05, 4.69) is 4.98 Å². The van der Waals surface area contributed by atoms with Crippen molar-refractivity contribution in [2.45, 2.75) is 38.2 Å². The molecule has 2 atom stereocenters. The number of aromatic nitrogens is 1. The molecule has 0 saturated carbocycles. The summed E-state index contributed by atoms with van der Waals surface area (Å²) >= 11 is 0. The van der Waals surface area contributed by atoms with E-state index in [0.29, 0.717) is 44.6 Å². The number of carbonyl (C=O) groups is 2. The Bertz CT molecular complexity index is 697. The zero-order valence-electron chi connectivity index (χ0n) is 15.4. The number of nitrogens with zero attached hydrogens (tertiary/aromatic N) is 3. The van der Waals surface area contributed by atoms with Gasteiger partial charge in [-0.15, -0.1) is 0 Å². The maximum Gasteiger partial charge on any atom is 0.320 e. The molecule has 4 rings (SSSR count). The lowest BCUT2D eigenvalue weighted by Gasteiger charge is -2.50. The summed E-state index contributed by atoms with van der Waals surface area (Å²) in [6.07, 6.45) is 5.11. The molecular formula is C19H28N4O3. The molecule has 4 heterocycles. The van der Waals surface area contributed by atoms with Crippen LogP contribution >= 0.6 is 0 Å². The van der Waals surface area contributed by atoms with Crippen molar-refractivity contribution in [1.29, 1.82) is 0 Å². The molecule has 0 bridgehead atoms. The summed E-state index contributed by atoms with van der Waals surface area (Å²) in [5.41, 5.74) is 0.799. The fraction of sp³-hybridized carbons (Fsp3) is 0.684. The molecule has 0 aliphatic carbocycles. The van der Waals surface area contributed by atoms with Crippen molar-refractivity contribution < 1.29 is 14.7 Å². The first-order valence-electron chi connectivity index (χ1n) is 9.67. The minimum Gasteiger partial charge on any atom is -0.389 e. The molecule has 7 heteroatoms. The zero-order chi connectivity index (χ0) is 18.3. The Hall–Kier alpha value is -2.02. The number of nitrogens with one attached hydrogen (secondary N) is 1. The third-order valence-electron chi connectivity index (χ3n) is 6.39. The highest BCUT2D eigenvalue weighted by atomic mass is 16.3. The Morgan fingerprint density at radius 3 is 2.38 bits per heavy atom. The monoisotopic (exact) mass is 360 g/mol. The second-order valence-electron chi connectivity index (χ2n) is 7.99. The number of rotatable bonds is 1. The van der Waals surface area contributed by atoms with Crippen LogP contribution < -0.4 is 0 Å². The van der Waals surface area contributed by atoms with Gasteiger partial charge in [0.2, 0.25) is 0 Å². The Morgan fingerprint density at radius 1 is 1.08 bits per heavy atom. The number of hydrogen-bond acceptors (Lipinski definition) is 3. The highest BCUT2D eigenvalue weighted by Crippen LogP contribution is 2.36. The van der Waals surface area contributed by atoms with Crippen molar-refractivity contribution in [3.63, 3.8) is 0 Å². The lowest BCUT2D eigenvalue weighted by Crippen LogP contribution is -2.62. The molecule has 3 aliphatic heterocycles. The van der Waals surface area contributed by atoms with E-state index >= 15 is 0 Å². The average Bonchev–Trinajstić information content (AvgIpc) is 3.31. The van der Waals surface area contributed by atoms with Crippen LogP contribution in [-0.4, -0.2) is 81.6 Å². The molecule has 0 radical (unpaired) electrons. The molecule has 3 aliphatic rings. The Balaban J connectivity index is 1.45. The van der Waals surface area contributed by atoms with Gasteiger partial charge in [-0.2, -0.15) is 0 Å². The lowest BCUT2D eigenvalue weighted by atomic mass is 9.75. The highest BCUT2D eigenvalue weighted by molar-refractivity contribution is 5.95. The first-order valence-corrected chi connectivity index (χ1v) is 9.67. The topological polar surface area (TPSA) is 79.9 Å². The van der Waals surface area contributed by atoms with Gasteiger partial charge in [-0.05, 0) is 38.7 Å². The number of urea groups is 1. The van der Waals surface area contributed by atoms with Crippen molar-refractivity contribution in [1.82, 2.24) is 19.7 Å². The van der Waals surface area contributed by atoms with Crippen molar-refractivity contribution in [2.24, 2.45) is 5.92 Å². The SMILES string of the molecule is Cc1[nH]ccc1C(=O)N1CC[C@@]2(O)CCN(C(=O)N3CCCC3)C[C@H]2C1. The number of amides is 3. The van der Waals surface area contributed by atoms with Crippen molar-refractivity contribution in [2.75, 3.05) is 39.3 Å². The molecule has 1 aromatic rings. The van der Waals surface area contributed by atoms with Crippen molar-refractivity contribution in [3.05, 3.63) is 23.5 Å². The van der Waals surface area contributed by atoms with Crippen LogP contribution in [0, 0.1) is 12.8 Å². The molecule has 2 N–H and O–H groups in total. The molecule has 3 amide bonds. The summed E-state index contributed by atoms with van der Waals surface area (Å²) in [5.74, 6) is -0.0754. The van der Waals surface area contributed by atoms with E-state index in [1.807, 2.05) is 27.7 Å². The van der Waals surface area contributed by atoms with Gasteiger partial charge in [0, 0.05) is 57.1 Å². The van der Waals surface area contributed by atoms with Gasteiger partial charge in [-0.25, -0.2) is 4.79 Å². The van der Waals surface area contributed by atoms with E-state index in [1.54, 1.807) is 6.20 Å². The molecule has 0 unspecified atom stereocenters. The number of H-pyrrole nitrogens is 1. The molecule has 7 nitrogen and oxygen atoms in total. The average molecular weight is 360 g/mol. The number of aryl methyl sites for hydroxylation is 1. The first kappa shape index (κ1) is 17.4. The number of carbonyl (C=O) groups excluding carboxylic acids is 2. The second kappa shape index (κ2) is 6.61. The van der Waals surface area contributed by atoms with Crippen LogP contribution in [0.5, 0.6) is 0 Å². The zero-order valence-corrected chi connectivity index (χ0v) is 15.4. The van der Waals surface area contributed by atoms with Crippen molar-refractivity contribution in [3.8, 4) is 0 Å². The molecule has 1 aromatic heterocycles. The van der Waals surface area contributed by atoms with E-state index < -0.39 is 5.60 Å². The van der Waals surface area contributed by atoms with E-state index in [1.165, 1.54) is 0 Å². The number of likely N-dealkylation sites (tertiary alicyclic amines) is 3. The van der Waals surface area contributed by atoms with Gasteiger partial charge in [-0.1, -0.05) is 0 Å². The van der Waals surface area contributed by atoms with E-state index in [0.717, 1.165) is 31.6 Å². The maximum absolute atomic E-state index is 12.8. The molecule has 0 spiro atoms. The second-order valence-corrected chi connectivity index (χ2v) is 7.99. The summed E-state index contributed by atoms with van der Waals surface area (Å²) in [5, 5.41) is 11.0. The number of piperidine rings is 2. The van der Waals surface area contributed by atoms with Crippen LogP contribution in [0.4, 0.5) is 4.79 Å². The lowest BCUT2D eigenvalue weighted by molar-refractivity contribution is -0.101. The van der Waals surface area contributed by atoms with E-state index in [9.17, 15) is 14.7 Å². The number of fused-ring (bicyclic) bond motifs is 1. The van der Waals surface area contributed by atoms with E-state index in [4.69, 9.17) is 0 Å². The summed E-state index contributed by atoms with van der Waals surface area (Å²) in [4.78, 5) is 34.2. The van der Waals surface area contributed by atoms with Crippen LogP contribution in [0.1, 0.15) is 41.7 Å². The van der Waals surface area contributed by atoms with Crippen LogP contribution in [0.15, 0.2) is 12.3 Å². The highest BCUT2D eigenvalue weighted by Gasteiger charge is 2.47. The van der Waals surface area contributed by atoms with Crippen LogP contribution in [0.2, 0.25) is 0 Å². The van der Waals surface area contributed by atoms with Crippen LogP contribution in [-0.2, 0) is 0 Å². The summed E-state index contributed by atoms with van der Waals surface area (Å²) in [7, 11) is 0. The standard InChI is InChI=1S/C19H28N4O3/c1-14-16(4-7-20-14)17(24)22-10-5-19(26)6-11-23(13-15(19)12-22)18(25)21-8-2-3-9-21/h4,7,15,20,26H,2-3,5-6,8-13H2,1H3/t15-,19-/m1/s1. The third kappa shape index (κ3) is 2.98. The third-order valence-corrected chi connectivity index (χ3v) is 6.39. The number of aromatic amines is 1. The molecular weight excluding hydrogens is 332 g/mol. The van der Waals surface area contributed by atoms with Gasteiger partial charge in [0.15, 0.2) is 0 Å². The Morgan fingerprint density at radius 2 is 1.73 bits per heavy atom. The summed E-state index contributed by atoms with van der Waals surface area (Å²) in [6.45, 7) is 5.77. The van der Waals surface area contributed by atoms with Gasteiger partial charge in [-0.3, -0.25) is 4.79 Å². The van der Waals surface area contributed by atoms with E-state index in [-0.39, 0.29) is 17.9 Å². The number of hydrogen-bond donors (Lipinski definition) is 2. The van der Waals surface area contributed by atoms with Gasteiger partial charge in [0.05, 0.1) is 11.2 Å². The normalized spacial score (nSPS) is 29.0. The predicted molar refractivity (Wildman–Crippen MR) is 96.9 cm³/mol. The van der Waals surface area contributed by atoms with Crippen molar-refractivity contribution >= 4 is 11.9 Å². The number of aliphatic hydroxyl groups is 1. The smallest absolute Gasteiger partial charge is 0.320 e. The molecule has 26 heavy (non-hydrogen) atoms. The molecule has 0 aromatic carbocycles. The minimum absolute atomic E-state index is 0.00814. The van der Waals surface area contributed by atoms with Gasteiger partial charge >= 0.3 is 6.03 Å². The van der Waals surface area contributed by atoms with Gasteiger partial charge in [0.25, 0.3) is 5.91 Å².